The van der Waals surface area contributed by atoms with E-state index in [2.05, 4.69) is 6.07 Å². The van der Waals surface area contributed by atoms with Crippen LogP contribution in [0.15, 0.2) is 36.4 Å². The fraction of sp³-hybridized carbons (Fsp3) is 0.438. The second kappa shape index (κ2) is 3.93. The molecule has 1 aromatic carbocycles. The fourth-order valence-corrected chi connectivity index (χ4v) is 3.59. The summed E-state index contributed by atoms with van der Waals surface area (Å²) in [5.41, 5.74) is 1.56. The van der Waals surface area contributed by atoms with E-state index in [9.17, 15) is 4.79 Å². The van der Waals surface area contributed by atoms with E-state index in [0.717, 1.165) is 24.1 Å². The predicted octanol–water partition coefficient (Wildman–Crippen LogP) is 1.99. The summed E-state index contributed by atoms with van der Waals surface area (Å²) >= 11 is 0. The zero-order valence-electron chi connectivity index (χ0n) is 11.5. The minimum Gasteiger partial charge on any atom is -0.344 e. The van der Waals surface area contributed by atoms with Crippen molar-refractivity contribution in [2.75, 3.05) is 25.2 Å². The molecule has 3 aliphatic rings. The number of hydrogen-bond donors (Lipinski definition) is 0. The van der Waals surface area contributed by atoms with Crippen LogP contribution in [0.25, 0.3) is 0 Å². The average molecular weight is 271 g/mol. The van der Waals surface area contributed by atoms with Gasteiger partial charge in [-0.1, -0.05) is 24.3 Å². The molecule has 0 bridgehead atoms. The van der Waals surface area contributed by atoms with Crippen molar-refractivity contribution in [2.24, 2.45) is 0 Å². The molecule has 4 heteroatoms. The minimum absolute atomic E-state index is 0.141. The van der Waals surface area contributed by atoms with Crippen LogP contribution in [0, 0.1) is 0 Å². The molecule has 1 fully saturated rings. The van der Waals surface area contributed by atoms with Crippen LogP contribution in [0.2, 0.25) is 0 Å². The average Bonchev–Trinajstić information content (AvgIpc) is 3.02. The first kappa shape index (κ1) is 12.1. The van der Waals surface area contributed by atoms with Gasteiger partial charge in [0.2, 0.25) is 5.91 Å². The van der Waals surface area contributed by atoms with Crippen LogP contribution in [0.1, 0.15) is 18.4 Å². The summed E-state index contributed by atoms with van der Waals surface area (Å²) in [4.78, 5) is 14.5. The highest BCUT2D eigenvalue weighted by Crippen LogP contribution is 2.49. The Morgan fingerprint density at radius 3 is 2.55 bits per heavy atom. The number of ether oxygens (including phenoxy) is 2. The van der Waals surface area contributed by atoms with E-state index in [0.29, 0.717) is 13.2 Å². The van der Waals surface area contributed by atoms with Crippen LogP contribution in [-0.2, 0) is 19.7 Å². The SMILES string of the molecule is CN1C(=O)C2(C=CC3(CC2)OCCO3)c2ccccc21. The van der Waals surface area contributed by atoms with Crippen molar-refractivity contribution in [3.63, 3.8) is 0 Å². The maximum absolute atomic E-state index is 12.7. The number of carbonyl (C=O) groups is 1. The molecule has 20 heavy (non-hydrogen) atoms. The lowest BCUT2D eigenvalue weighted by atomic mass is 9.73. The molecule has 0 aromatic heterocycles. The van der Waals surface area contributed by atoms with Crippen molar-refractivity contribution in [3.05, 3.63) is 42.0 Å². The molecule has 4 rings (SSSR count). The second-order valence-electron chi connectivity index (χ2n) is 5.69. The molecule has 104 valence electrons. The van der Waals surface area contributed by atoms with Crippen LogP contribution in [0.4, 0.5) is 5.69 Å². The largest absolute Gasteiger partial charge is 0.344 e. The van der Waals surface area contributed by atoms with Crippen molar-refractivity contribution in [1.82, 2.24) is 0 Å². The van der Waals surface area contributed by atoms with Crippen molar-refractivity contribution in [3.8, 4) is 0 Å². The standard InChI is InChI=1S/C16H17NO3/c1-17-13-5-3-2-4-12(13)15(14(17)18)6-8-16(9-7-15)19-10-11-20-16/h2-6,8H,7,9-11H2,1H3. The van der Waals surface area contributed by atoms with Gasteiger partial charge in [0.15, 0.2) is 5.79 Å². The molecular weight excluding hydrogens is 254 g/mol. The van der Waals surface area contributed by atoms with Gasteiger partial charge in [0.05, 0.1) is 18.6 Å². The highest BCUT2D eigenvalue weighted by atomic mass is 16.7. The van der Waals surface area contributed by atoms with E-state index in [1.54, 1.807) is 4.90 Å². The number of nitrogens with zero attached hydrogens (tertiary/aromatic N) is 1. The summed E-state index contributed by atoms with van der Waals surface area (Å²) in [6, 6.07) is 8.02. The van der Waals surface area contributed by atoms with E-state index >= 15 is 0 Å². The fourth-order valence-electron chi connectivity index (χ4n) is 3.59. The topological polar surface area (TPSA) is 38.8 Å². The zero-order valence-corrected chi connectivity index (χ0v) is 11.5. The lowest BCUT2D eigenvalue weighted by molar-refractivity contribution is -0.135. The number of amides is 1. The lowest BCUT2D eigenvalue weighted by Gasteiger charge is -2.35. The molecule has 1 aliphatic carbocycles. The molecule has 4 nitrogen and oxygen atoms in total. The molecule has 1 amide bonds. The number of para-hydroxylation sites is 1. The van der Waals surface area contributed by atoms with Gasteiger partial charge in [0, 0.05) is 19.2 Å². The monoisotopic (exact) mass is 271 g/mol. The summed E-state index contributed by atoms with van der Waals surface area (Å²) in [6.45, 7) is 1.25. The van der Waals surface area contributed by atoms with Crippen LogP contribution in [-0.4, -0.2) is 32.0 Å². The first-order chi connectivity index (χ1) is 9.67. The molecule has 2 heterocycles. The van der Waals surface area contributed by atoms with Crippen LogP contribution >= 0.6 is 0 Å². The van der Waals surface area contributed by atoms with Crippen LogP contribution in [0.3, 0.4) is 0 Å². The summed E-state index contributed by atoms with van der Waals surface area (Å²) < 4.78 is 11.4. The molecule has 0 N–H and O–H groups in total. The maximum Gasteiger partial charge on any atom is 0.241 e. The number of likely N-dealkylation sites (N-methyl/N-ethyl adjacent to an activating group) is 1. The van der Waals surface area contributed by atoms with Crippen LogP contribution < -0.4 is 4.90 Å². The van der Waals surface area contributed by atoms with E-state index in [-0.39, 0.29) is 5.91 Å². The van der Waals surface area contributed by atoms with Gasteiger partial charge in [-0.2, -0.15) is 0 Å². The van der Waals surface area contributed by atoms with Crippen molar-refractivity contribution in [1.29, 1.82) is 0 Å². The maximum atomic E-state index is 12.7. The summed E-state index contributed by atoms with van der Waals surface area (Å²) in [6.07, 6.45) is 5.38. The molecule has 2 aliphatic heterocycles. The molecule has 1 atom stereocenters. The Hall–Kier alpha value is -1.65. The van der Waals surface area contributed by atoms with E-state index < -0.39 is 11.2 Å². The van der Waals surface area contributed by atoms with Gasteiger partial charge in [0.1, 0.15) is 0 Å². The Balaban J connectivity index is 1.81. The van der Waals surface area contributed by atoms with E-state index in [1.165, 1.54) is 0 Å². The minimum atomic E-state index is -0.596. The van der Waals surface area contributed by atoms with Gasteiger partial charge in [-0.15, -0.1) is 0 Å². The summed E-state index contributed by atoms with van der Waals surface area (Å²) in [5, 5.41) is 0. The molecular formula is C16H17NO3. The van der Waals surface area contributed by atoms with Crippen molar-refractivity contribution in [2.45, 2.75) is 24.0 Å². The van der Waals surface area contributed by atoms with Crippen molar-refractivity contribution >= 4 is 11.6 Å². The Kier molecular flexibility index (Phi) is 2.38. The molecule has 0 radical (unpaired) electrons. The molecule has 0 saturated carbocycles. The van der Waals surface area contributed by atoms with E-state index in [1.807, 2.05) is 37.4 Å². The third kappa shape index (κ3) is 1.41. The number of anilines is 1. The van der Waals surface area contributed by atoms with Gasteiger partial charge >= 0.3 is 0 Å². The number of benzene rings is 1. The Morgan fingerprint density at radius 1 is 1.10 bits per heavy atom. The normalized spacial score (nSPS) is 30.4. The smallest absolute Gasteiger partial charge is 0.241 e. The molecule has 1 aromatic rings. The number of carbonyl (C=O) groups excluding carboxylic acids is 1. The third-order valence-electron chi connectivity index (χ3n) is 4.70. The van der Waals surface area contributed by atoms with E-state index in [4.69, 9.17) is 9.47 Å². The first-order valence-electron chi connectivity index (χ1n) is 7.03. The highest BCUT2D eigenvalue weighted by Gasteiger charge is 2.52. The number of hydrogen-bond acceptors (Lipinski definition) is 3. The van der Waals surface area contributed by atoms with Gasteiger partial charge in [0.25, 0.3) is 0 Å². The molecule has 2 spiro atoms. The van der Waals surface area contributed by atoms with Gasteiger partial charge in [-0.05, 0) is 24.1 Å². The second-order valence-corrected chi connectivity index (χ2v) is 5.69. The number of fused-ring (bicyclic) bond motifs is 2. The van der Waals surface area contributed by atoms with Gasteiger partial charge in [-0.3, -0.25) is 4.79 Å². The molecule has 1 saturated heterocycles. The number of rotatable bonds is 0. The summed E-state index contributed by atoms with van der Waals surface area (Å²) in [7, 11) is 1.84. The Labute approximate surface area is 118 Å². The predicted molar refractivity (Wildman–Crippen MR) is 74.5 cm³/mol. The lowest BCUT2D eigenvalue weighted by Crippen LogP contribution is -2.43. The van der Waals surface area contributed by atoms with Crippen LogP contribution in [0.5, 0.6) is 0 Å². The Bertz CT molecular complexity index is 603. The third-order valence-corrected chi connectivity index (χ3v) is 4.70. The van der Waals surface area contributed by atoms with Gasteiger partial charge < -0.3 is 14.4 Å². The first-order valence-corrected chi connectivity index (χ1v) is 7.03. The quantitative estimate of drug-likeness (QED) is 0.677. The Morgan fingerprint density at radius 2 is 1.85 bits per heavy atom. The summed E-state index contributed by atoms with van der Waals surface area (Å²) in [5.74, 6) is -0.454. The zero-order chi connectivity index (χ0) is 13.8. The highest BCUT2D eigenvalue weighted by molar-refractivity contribution is 6.09. The molecule has 1 unspecified atom stereocenters. The van der Waals surface area contributed by atoms with Crippen molar-refractivity contribution < 1.29 is 14.3 Å². The van der Waals surface area contributed by atoms with Gasteiger partial charge in [-0.25, -0.2) is 0 Å².